The molecule has 11 heavy (non-hydrogen) atoms. The molecule has 0 aliphatic heterocycles. The van der Waals surface area contributed by atoms with Gasteiger partial charge >= 0.3 is 6.11 Å². The van der Waals surface area contributed by atoms with Gasteiger partial charge in [0.05, 0.1) is 5.56 Å². The molecule has 1 nitrogen and oxygen atoms in total. The zero-order valence-electron chi connectivity index (χ0n) is 5.43. The smallest absolute Gasteiger partial charge is 0.236 e. The van der Waals surface area contributed by atoms with Crippen LogP contribution in [0.1, 0.15) is 5.56 Å². The molecular weight excluding hydrogens is 218 g/mol. The molecule has 0 aliphatic carbocycles. The number of benzene rings is 1. The molecule has 0 amide bonds. The van der Waals surface area contributed by atoms with Crippen LogP contribution in [0.5, 0.6) is 0 Å². The minimum absolute atomic E-state index is 0.170. The van der Waals surface area contributed by atoms with Crippen molar-refractivity contribution >= 4 is 16.3 Å². The maximum Gasteiger partial charge on any atom is 0.393 e. The number of hydrogen-bond acceptors (Lipinski definition) is 1. The van der Waals surface area contributed by atoms with E-state index in [1.807, 2.05) is 0 Å². The van der Waals surface area contributed by atoms with Gasteiger partial charge in [0.25, 0.3) is 0 Å². The second-order valence-electron chi connectivity index (χ2n) is 1.96. The second-order valence-corrected chi connectivity index (χ2v) is 2.28. The largest absolute Gasteiger partial charge is 0.393 e. The lowest BCUT2D eigenvalue weighted by Gasteiger charge is -2.11. The summed E-state index contributed by atoms with van der Waals surface area (Å²) in [5.41, 5.74) is -0.170. The van der Waals surface area contributed by atoms with Crippen molar-refractivity contribution in [2.75, 3.05) is 0 Å². The summed E-state index contributed by atoms with van der Waals surface area (Å²) in [6.07, 6.45) is -3.25. The van der Waals surface area contributed by atoms with Crippen LogP contribution in [0.2, 0.25) is 0 Å². The van der Waals surface area contributed by atoms with Crippen LogP contribution in [0.15, 0.2) is 30.3 Å². The Kier molecular flexibility index (Phi) is 2.57. The van der Waals surface area contributed by atoms with Gasteiger partial charge in [-0.3, -0.25) is 0 Å². The van der Waals surface area contributed by atoms with E-state index in [0.717, 1.165) is 0 Å². The average molecular weight is 223 g/mol. The van der Waals surface area contributed by atoms with Gasteiger partial charge in [-0.15, -0.1) is 0 Å². The molecule has 0 fully saturated rings. The van der Waals surface area contributed by atoms with Gasteiger partial charge in [0.2, 0.25) is 0 Å². The Morgan fingerprint density at radius 1 is 1.18 bits per heavy atom. The molecule has 0 spiro atoms. The van der Waals surface area contributed by atoms with Gasteiger partial charge in [0, 0.05) is 0 Å². The van der Waals surface area contributed by atoms with E-state index in [1.165, 1.54) is 24.3 Å². The molecular formula is C7H5BrF2O. The topological polar surface area (TPSA) is 9.23 Å². The van der Waals surface area contributed by atoms with Crippen molar-refractivity contribution in [3.05, 3.63) is 35.9 Å². The van der Waals surface area contributed by atoms with E-state index in [9.17, 15) is 8.78 Å². The molecule has 0 atom stereocenters. The van der Waals surface area contributed by atoms with Gasteiger partial charge in [-0.2, -0.15) is 8.78 Å². The monoisotopic (exact) mass is 222 g/mol. The highest BCUT2D eigenvalue weighted by molar-refractivity contribution is 9.06. The standard InChI is InChI=1S/C7H5BrF2O/c8-11-7(9,10)6-4-2-1-3-5-6/h1-5H. The van der Waals surface area contributed by atoms with E-state index in [4.69, 9.17) is 0 Å². The molecule has 1 aromatic rings. The first-order valence-corrected chi connectivity index (χ1v) is 3.54. The summed E-state index contributed by atoms with van der Waals surface area (Å²) in [4.78, 5) is 0. The number of halogens is 3. The Morgan fingerprint density at radius 2 is 1.73 bits per heavy atom. The Bertz CT molecular complexity index is 225. The lowest BCUT2D eigenvalue weighted by atomic mass is 10.2. The van der Waals surface area contributed by atoms with E-state index in [1.54, 1.807) is 6.07 Å². The zero-order chi connectivity index (χ0) is 8.32. The first-order chi connectivity index (χ1) is 5.17. The fourth-order valence-electron chi connectivity index (χ4n) is 0.677. The van der Waals surface area contributed by atoms with E-state index in [0.29, 0.717) is 0 Å². The van der Waals surface area contributed by atoms with Gasteiger partial charge in [-0.25, -0.2) is 3.83 Å². The maximum atomic E-state index is 12.6. The summed E-state index contributed by atoms with van der Waals surface area (Å²) < 4.78 is 29.0. The molecule has 0 unspecified atom stereocenters. The highest BCUT2D eigenvalue weighted by Gasteiger charge is 2.31. The Hall–Kier alpha value is -0.480. The zero-order valence-corrected chi connectivity index (χ0v) is 7.01. The third-order valence-electron chi connectivity index (χ3n) is 1.21. The average Bonchev–Trinajstić information content (AvgIpc) is 2.06. The molecule has 0 aromatic heterocycles. The van der Waals surface area contributed by atoms with Gasteiger partial charge in [0.1, 0.15) is 16.3 Å². The van der Waals surface area contributed by atoms with E-state index < -0.39 is 6.11 Å². The minimum atomic E-state index is -3.25. The van der Waals surface area contributed by atoms with Crippen molar-refractivity contribution in [2.45, 2.75) is 6.11 Å². The summed E-state index contributed by atoms with van der Waals surface area (Å²) in [5.74, 6) is 0. The normalized spacial score (nSPS) is 11.5. The van der Waals surface area contributed by atoms with Crippen molar-refractivity contribution in [2.24, 2.45) is 0 Å². The van der Waals surface area contributed by atoms with E-state index >= 15 is 0 Å². The van der Waals surface area contributed by atoms with Gasteiger partial charge < -0.3 is 0 Å². The van der Waals surface area contributed by atoms with Crippen LogP contribution in [0.4, 0.5) is 8.78 Å². The first kappa shape index (κ1) is 8.62. The van der Waals surface area contributed by atoms with Crippen LogP contribution >= 0.6 is 16.3 Å². The fraction of sp³-hybridized carbons (Fsp3) is 0.143. The number of rotatable bonds is 2. The molecule has 0 aliphatic rings. The van der Waals surface area contributed by atoms with E-state index in [-0.39, 0.29) is 5.56 Å². The van der Waals surface area contributed by atoms with Gasteiger partial charge in [0.15, 0.2) is 0 Å². The highest BCUT2D eigenvalue weighted by atomic mass is 79.9. The summed E-state index contributed by atoms with van der Waals surface area (Å²) in [7, 11) is 0. The summed E-state index contributed by atoms with van der Waals surface area (Å²) in [6.45, 7) is 0. The maximum absolute atomic E-state index is 12.6. The quantitative estimate of drug-likeness (QED) is 0.748. The molecule has 0 saturated carbocycles. The molecule has 0 N–H and O–H groups in total. The van der Waals surface area contributed by atoms with Gasteiger partial charge in [-0.1, -0.05) is 30.3 Å². The predicted octanol–water partition coefficient (Wildman–Crippen LogP) is 3.06. The van der Waals surface area contributed by atoms with Crippen molar-refractivity contribution in [3.63, 3.8) is 0 Å². The number of hydrogen-bond donors (Lipinski definition) is 0. The van der Waals surface area contributed by atoms with Crippen LogP contribution in [0.3, 0.4) is 0 Å². The van der Waals surface area contributed by atoms with Crippen LogP contribution in [-0.4, -0.2) is 0 Å². The Labute approximate surface area is 71.4 Å². The van der Waals surface area contributed by atoms with Crippen molar-refractivity contribution in [3.8, 4) is 0 Å². The van der Waals surface area contributed by atoms with Crippen molar-refractivity contribution < 1.29 is 12.6 Å². The van der Waals surface area contributed by atoms with Crippen LogP contribution in [0, 0.1) is 0 Å². The van der Waals surface area contributed by atoms with Gasteiger partial charge in [-0.05, 0) is 0 Å². The van der Waals surface area contributed by atoms with Crippen LogP contribution in [0.25, 0.3) is 0 Å². The van der Waals surface area contributed by atoms with Crippen LogP contribution < -0.4 is 0 Å². The third kappa shape index (κ3) is 1.97. The lowest BCUT2D eigenvalue weighted by Crippen LogP contribution is -2.12. The highest BCUT2D eigenvalue weighted by Crippen LogP contribution is 2.30. The first-order valence-electron chi connectivity index (χ1n) is 2.90. The van der Waals surface area contributed by atoms with E-state index in [2.05, 4.69) is 20.1 Å². The van der Waals surface area contributed by atoms with Crippen LogP contribution in [-0.2, 0) is 9.94 Å². The molecule has 1 aromatic carbocycles. The molecule has 4 heteroatoms. The summed E-state index contributed by atoms with van der Waals surface area (Å²) in [5, 5.41) is 0. The molecule has 0 heterocycles. The lowest BCUT2D eigenvalue weighted by molar-refractivity contribution is -0.168. The second kappa shape index (κ2) is 3.28. The summed E-state index contributed by atoms with van der Waals surface area (Å²) >= 11 is 2.26. The predicted molar refractivity (Wildman–Crippen MR) is 40.3 cm³/mol. The number of alkyl halides is 2. The fourth-order valence-corrected chi connectivity index (χ4v) is 0.864. The Balaban J connectivity index is 2.93. The van der Waals surface area contributed by atoms with Crippen molar-refractivity contribution in [1.29, 1.82) is 0 Å². The molecule has 0 saturated heterocycles. The van der Waals surface area contributed by atoms with Crippen molar-refractivity contribution in [1.82, 2.24) is 0 Å². The summed E-state index contributed by atoms with van der Waals surface area (Å²) in [6, 6.07) is 7.29. The molecule has 1 rings (SSSR count). The minimum Gasteiger partial charge on any atom is -0.236 e. The molecule has 60 valence electrons. The Morgan fingerprint density at radius 3 is 2.18 bits per heavy atom. The SMILES string of the molecule is FC(F)(OBr)c1ccccc1. The third-order valence-corrected chi connectivity index (χ3v) is 1.61. The molecule has 0 bridgehead atoms. The molecule has 0 radical (unpaired) electrons.